The topological polar surface area (TPSA) is 56.1 Å². The van der Waals surface area contributed by atoms with Gasteiger partial charge in [-0.1, -0.05) is 13.0 Å². The minimum absolute atomic E-state index is 0.0785. The van der Waals surface area contributed by atoms with Gasteiger partial charge in [0, 0.05) is 42.8 Å². The normalized spacial score (nSPS) is 22.6. The molecule has 3 heterocycles. The summed E-state index contributed by atoms with van der Waals surface area (Å²) in [7, 11) is 1.87. The number of ether oxygens (including phenoxy) is 1. The van der Waals surface area contributed by atoms with Gasteiger partial charge in [0.2, 0.25) is 5.91 Å². The zero-order valence-corrected chi connectivity index (χ0v) is 13.7. The van der Waals surface area contributed by atoms with Crippen molar-refractivity contribution in [3.05, 3.63) is 40.3 Å². The smallest absolute Gasteiger partial charge is 0.226 e. The van der Waals surface area contributed by atoms with Gasteiger partial charge >= 0.3 is 0 Å². The van der Waals surface area contributed by atoms with Gasteiger partial charge in [0.25, 0.3) is 0 Å². The van der Waals surface area contributed by atoms with Gasteiger partial charge in [-0.15, -0.1) is 11.3 Å². The summed E-state index contributed by atoms with van der Waals surface area (Å²) in [6, 6.07) is 4.15. The first kappa shape index (κ1) is 15.2. The molecule has 5 nitrogen and oxygen atoms in total. The second-order valence-electron chi connectivity index (χ2n) is 5.80. The SMILES string of the molecule is C[C@H](CNC(=O)[C@H]1CCO[C@@H]1c1cnn(C)c1)c1cccs1. The fraction of sp³-hybridized carbons (Fsp3) is 0.500. The molecule has 0 spiro atoms. The summed E-state index contributed by atoms with van der Waals surface area (Å²) in [6.07, 6.45) is 4.29. The van der Waals surface area contributed by atoms with Crippen molar-refractivity contribution in [2.75, 3.05) is 13.2 Å². The highest BCUT2D eigenvalue weighted by Crippen LogP contribution is 2.34. The molecule has 1 fully saturated rings. The van der Waals surface area contributed by atoms with E-state index in [1.54, 1.807) is 22.2 Å². The molecule has 0 bridgehead atoms. The first-order valence-corrected chi connectivity index (χ1v) is 8.44. The maximum absolute atomic E-state index is 12.5. The van der Waals surface area contributed by atoms with Crippen LogP contribution in [0.1, 0.15) is 35.8 Å². The van der Waals surface area contributed by atoms with Gasteiger partial charge in [0.1, 0.15) is 0 Å². The number of rotatable bonds is 5. The van der Waals surface area contributed by atoms with Crippen molar-refractivity contribution in [1.82, 2.24) is 15.1 Å². The van der Waals surface area contributed by atoms with Gasteiger partial charge in [-0.2, -0.15) is 5.10 Å². The van der Waals surface area contributed by atoms with Crippen LogP contribution in [0.2, 0.25) is 0 Å². The van der Waals surface area contributed by atoms with Gasteiger partial charge in [0.15, 0.2) is 0 Å². The number of carbonyl (C=O) groups excluding carboxylic acids is 1. The van der Waals surface area contributed by atoms with E-state index in [9.17, 15) is 4.79 Å². The van der Waals surface area contributed by atoms with Crippen LogP contribution in [0, 0.1) is 5.92 Å². The molecule has 1 N–H and O–H groups in total. The van der Waals surface area contributed by atoms with Crippen LogP contribution in [-0.4, -0.2) is 28.8 Å². The van der Waals surface area contributed by atoms with Crippen molar-refractivity contribution in [2.45, 2.75) is 25.4 Å². The molecule has 2 aromatic heterocycles. The van der Waals surface area contributed by atoms with Crippen LogP contribution in [0.4, 0.5) is 0 Å². The summed E-state index contributed by atoms with van der Waals surface area (Å²) in [5.41, 5.74) is 0.978. The monoisotopic (exact) mass is 319 g/mol. The fourth-order valence-electron chi connectivity index (χ4n) is 2.83. The van der Waals surface area contributed by atoms with E-state index in [0.717, 1.165) is 12.0 Å². The second-order valence-corrected chi connectivity index (χ2v) is 6.77. The Morgan fingerprint density at radius 1 is 1.64 bits per heavy atom. The number of hydrogen-bond donors (Lipinski definition) is 1. The molecule has 1 amide bonds. The van der Waals surface area contributed by atoms with Gasteiger partial charge in [-0.3, -0.25) is 9.48 Å². The lowest BCUT2D eigenvalue weighted by Gasteiger charge is -2.18. The van der Waals surface area contributed by atoms with Gasteiger partial charge < -0.3 is 10.1 Å². The van der Waals surface area contributed by atoms with Gasteiger partial charge in [-0.25, -0.2) is 0 Å². The molecule has 1 saturated heterocycles. The first-order valence-electron chi connectivity index (χ1n) is 7.56. The van der Waals surface area contributed by atoms with Crippen LogP contribution in [0.3, 0.4) is 0 Å². The minimum atomic E-state index is -0.175. The van der Waals surface area contributed by atoms with E-state index >= 15 is 0 Å². The van der Waals surface area contributed by atoms with Crippen molar-refractivity contribution in [2.24, 2.45) is 13.0 Å². The predicted molar refractivity (Wildman–Crippen MR) is 85.8 cm³/mol. The Labute approximate surface area is 134 Å². The van der Waals surface area contributed by atoms with E-state index in [-0.39, 0.29) is 17.9 Å². The number of hydrogen-bond acceptors (Lipinski definition) is 4. The molecule has 0 radical (unpaired) electrons. The molecular formula is C16H21N3O2S. The molecule has 118 valence electrons. The van der Waals surface area contributed by atoms with E-state index in [1.165, 1.54) is 4.88 Å². The lowest BCUT2D eigenvalue weighted by atomic mass is 9.96. The Bertz CT molecular complexity index is 623. The third-order valence-corrected chi connectivity index (χ3v) is 5.20. The highest BCUT2D eigenvalue weighted by molar-refractivity contribution is 7.10. The van der Waals surface area contributed by atoms with E-state index < -0.39 is 0 Å². The number of aromatic nitrogens is 2. The maximum atomic E-state index is 12.5. The third-order valence-electron chi connectivity index (χ3n) is 4.09. The molecule has 0 unspecified atom stereocenters. The van der Waals surface area contributed by atoms with Crippen molar-refractivity contribution < 1.29 is 9.53 Å². The molecule has 3 atom stereocenters. The standard InChI is InChI=1S/C16H21N3O2S/c1-11(14-4-3-7-22-14)8-17-16(20)13-5-6-21-15(13)12-9-18-19(2)10-12/h3-4,7,9-11,13,15H,5-6,8H2,1-2H3,(H,17,20)/t11-,13+,15-/m1/s1. The summed E-state index contributed by atoms with van der Waals surface area (Å²) >= 11 is 1.73. The number of amides is 1. The number of carbonyl (C=O) groups is 1. The van der Waals surface area contributed by atoms with E-state index in [4.69, 9.17) is 4.74 Å². The predicted octanol–water partition coefficient (Wildman–Crippen LogP) is 2.48. The summed E-state index contributed by atoms with van der Waals surface area (Å²) in [5, 5.41) is 9.32. The molecule has 0 aromatic carbocycles. The lowest BCUT2D eigenvalue weighted by molar-refractivity contribution is -0.126. The van der Waals surface area contributed by atoms with E-state index in [0.29, 0.717) is 19.1 Å². The second kappa shape index (κ2) is 6.62. The molecule has 0 saturated carbocycles. The van der Waals surface area contributed by atoms with E-state index in [1.807, 2.05) is 19.3 Å². The molecule has 2 aromatic rings. The number of aryl methyl sites for hydroxylation is 1. The molecule has 6 heteroatoms. The molecule has 3 rings (SSSR count). The van der Waals surface area contributed by atoms with Gasteiger partial charge in [-0.05, 0) is 17.9 Å². The zero-order valence-electron chi connectivity index (χ0n) is 12.9. The summed E-state index contributed by atoms with van der Waals surface area (Å²) in [6.45, 7) is 3.42. The number of nitrogens with zero attached hydrogens (tertiary/aromatic N) is 2. The number of nitrogens with one attached hydrogen (secondary N) is 1. The molecule has 1 aliphatic heterocycles. The van der Waals surface area contributed by atoms with E-state index in [2.05, 4.69) is 28.8 Å². The van der Waals surface area contributed by atoms with Crippen molar-refractivity contribution in [1.29, 1.82) is 0 Å². The van der Waals surface area contributed by atoms with Crippen LogP contribution in [0.5, 0.6) is 0 Å². The number of thiophene rings is 1. The van der Waals surface area contributed by atoms with Gasteiger partial charge in [0.05, 0.1) is 18.2 Å². The Kier molecular flexibility index (Phi) is 4.59. The largest absolute Gasteiger partial charge is 0.373 e. The van der Waals surface area contributed by atoms with Crippen molar-refractivity contribution in [3.8, 4) is 0 Å². The Hall–Kier alpha value is -1.66. The molecular weight excluding hydrogens is 298 g/mol. The summed E-state index contributed by atoms with van der Waals surface area (Å²) < 4.78 is 7.49. The van der Waals surface area contributed by atoms with Crippen LogP contribution < -0.4 is 5.32 Å². The Morgan fingerprint density at radius 3 is 3.18 bits per heavy atom. The highest BCUT2D eigenvalue weighted by Gasteiger charge is 2.35. The molecule has 1 aliphatic rings. The highest BCUT2D eigenvalue weighted by atomic mass is 32.1. The van der Waals surface area contributed by atoms with Crippen LogP contribution in [-0.2, 0) is 16.6 Å². The Balaban J connectivity index is 1.59. The summed E-state index contributed by atoms with van der Waals surface area (Å²) in [5.74, 6) is 0.289. The van der Waals surface area contributed by atoms with Crippen LogP contribution in [0.25, 0.3) is 0 Å². The average Bonchev–Trinajstić information content (AvgIpc) is 3.23. The average molecular weight is 319 g/mol. The van der Waals surface area contributed by atoms with Crippen molar-refractivity contribution in [3.63, 3.8) is 0 Å². The quantitative estimate of drug-likeness (QED) is 0.921. The zero-order chi connectivity index (χ0) is 15.5. The van der Waals surface area contributed by atoms with Crippen LogP contribution in [0.15, 0.2) is 29.9 Å². The fourth-order valence-corrected chi connectivity index (χ4v) is 3.62. The maximum Gasteiger partial charge on any atom is 0.226 e. The summed E-state index contributed by atoms with van der Waals surface area (Å²) in [4.78, 5) is 13.8. The lowest BCUT2D eigenvalue weighted by Crippen LogP contribution is -2.34. The van der Waals surface area contributed by atoms with Crippen LogP contribution >= 0.6 is 11.3 Å². The third kappa shape index (κ3) is 3.23. The molecule has 22 heavy (non-hydrogen) atoms. The minimum Gasteiger partial charge on any atom is -0.373 e. The molecule has 0 aliphatic carbocycles. The first-order chi connectivity index (χ1) is 10.6. The Morgan fingerprint density at radius 2 is 2.50 bits per heavy atom. The van der Waals surface area contributed by atoms with Crippen molar-refractivity contribution >= 4 is 17.2 Å².